The number of hydrogen-bond donors (Lipinski definition) is 1. The van der Waals surface area contributed by atoms with Crippen molar-refractivity contribution >= 4 is 5.91 Å². The Kier molecular flexibility index (Phi) is 5.04. The Morgan fingerprint density at radius 3 is 3.00 bits per heavy atom. The van der Waals surface area contributed by atoms with Gasteiger partial charge >= 0.3 is 0 Å². The number of carbonyl (C=O) groups is 1. The number of para-hydroxylation sites is 2. The molecule has 0 bridgehead atoms. The standard InChI is InChI=1S/C21H24N2O3/c24-21(20-14-25-18-7-1-2-8-19(18)26-20)23-12-3-5-15-9-10-16-6-4-11-22-17(16)13-15/h1-2,4,6-8,11,15,20H,3,5,9-10,12-14H2,(H,23,24). The van der Waals surface area contributed by atoms with E-state index in [2.05, 4.69) is 16.4 Å². The van der Waals surface area contributed by atoms with E-state index in [1.54, 1.807) is 0 Å². The predicted octanol–water partition coefficient (Wildman–Crippen LogP) is 2.92. The van der Waals surface area contributed by atoms with Gasteiger partial charge in [-0.05, 0) is 61.8 Å². The van der Waals surface area contributed by atoms with Crippen LogP contribution >= 0.6 is 0 Å². The number of pyridine rings is 1. The van der Waals surface area contributed by atoms with Crippen LogP contribution in [-0.4, -0.2) is 30.1 Å². The van der Waals surface area contributed by atoms with E-state index in [1.165, 1.54) is 17.7 Å². The highest BCUT2D eigenvalue weighted by Gasteiger charge is 2.27. The summed E-state index contributed by atoms with van der Waals surface area (Å²) in [5, 5.41) is 2.98. The number of rotatable bonds is 5. The van der Waals surface area contributed by atoms with Gasteiger partial charge in [-0.3, -0.25) is 9.78 Å². The lowest BCUT2D eigenvalue weighted by molar-refractivity contribution is -0.130. The zero-order chi connectivity index (χ0) is 17.8. The minimum absolute atomic E-state index is 0.102. The SMILES string of the molecule is O=C(NCCCC1CCc2cccnc2C1)C1COc2ccccc2O1. The minimum Gasteiger partial charge on any atom is -0.485 e. The lowest BCUT2D eigenvalue weighted by Gasteiger charge is -2.26. The van der Waals surface area contributed by atoms with Gasteiger partial charge in [0.25, 0.3) is 5.91 Å². The van der Waals surface area contributed by atoms with Crippen LogP contribution in [0.2, 0.25) is 0 Å². The molecule has 136 valence electrons. The van der Waals surface area contributed by atoms with Crippen molar-refractivity contribution in [3.05, 3.63) is 53.9 Å². The summed E-state index contributed by atoms with van der Waals surface area (Å²) in [4.78, 5) is 16.8. The number of amides is 1. The summed E-state index contributed by atoms with van der Waals surface area (Å²) < 4.78 is 11.3. The number of nitrogens with zero attached hydrogens (tertiary/aromatic N) is 1. The number of nitrogens with one attached hydrogen (secondary N) is 1. The van der Waals surface area contributed by atoms with Crippen LogP contribution < -0.4 is 14.8 Å². The largest absolute Gasteiger partial charge is 0.485 e. The van der Waals surface area contributed by atoms with Crippen molar-refractivity contribution in [2.75, 3.05) is 13.2 Å². The average molecular weight is 352 g/mol. The molecule has 1 N–H and O–H groups in total. The number of hydrogen-bond acceptors (Lipinski definition) is 4. The number of ether oxygens (including phenoxy) is 2. The zero-order valence-corrected chi connectivity index (χ0v) is 14.8. The third-order valence-corrected chi connectivity index (χ3v) is 5.18. The molecule has 2 aliphatic rings. The summed E-state index contributed by atoms with van der Waals surface area (Å²) in [6, 6.07) is 11.6. The monoisotopic (exact) mass is 352 g/mol. The van der Waals surface area contributed by atoms with Crippen molar-refractivity contribution in [1.82, 2.24) is 10.3 Å². The van der Waals surface area contributed by atoms with E-state index < -0.39 is 6.10 Å². The van der Waals surface area contributed by atoms with Gasteiger partial charge in [0.05, 0.1) is 0 Å². The van der Waals surface area contributed by atoms with E-state index in [0.717, 1.165) is 25.7 Å². The first-order valence-corrected chi connectivity index (χ1v) is 9.38. The van der Waals surface area contributed by atoms with Crippen LogP contribution in [0.5, 0.6) is 11.5 Å². The van der Waals surface area contributed by atoms with Crippen molar-refractivity contribution in [2.45, 2.75) is 38.2 Å². The van der Waals surface area contributed by atoms with Crippen LogP contribution in [0.15, 0.2) is 42.6 Å². The maximum Gasteiger partial charge on any atom is 0.264 e. The van der Waals surface area contributed by atoms with E-state index >= 15 is 0 Å². The summed E-state index contributed by atoms with van der Waals surface area (Å²) in [6.07, 6.45) is 6.78. The Labute approximate surface area is 153 Å². The molecule has 1 aliphatic carbocycles. The second-order valence-electron chi connectivity index (χ2n) is 7.02. The van der Waals surface area contributed by atoms with Gasteiger partial charge in [-0.1, -0.05) is 18.2 Å². The second kappa shape index (κ2) is 7.77. The van der Waals surface area contributed by atoms with E-state index in [9.17, 15) is 4.79 Å². The molecule has 1 aromatic carbocycles. The third kappa shape index (κ3) is 3.82. The quantitative estimate of drug-likeness (QED) is 0.841. The van der Waals surface area contributed by atoms with Gasteiger partial charge in [0.15, 0.2) is 11.5 Å². The molecule has 0 saturated carbocycles. The molecule has 2 atom stereocenters. The molecular weight excluding hydrogens is 328 g/mol. The normalized spacial score (nSPS) is 20.9. The zero-order valence-electron chi connectivity index (χ0n) is 14.8. The Morgan fingerprint density at radius 2 is 2.08 bits per heavy atom. The Hall–Kier alpha value is -2.56. The Balaban J connectivity index is 1.19. The topological polar surface area (TPSA) is 60.5 Å². The molecule has 0 saturated heterocycles. The van der Waals surface area contributed by atoms with Gasteiger partial charge in [0.1, 0.15) is 6.61 Å². The molecule has 2 unspecified atom stereocenters. The molecule has 0 radical (unpaired) electrons. The van der Waals surface area contributed by atoms with Crippen molar-refractivity contribution in [2.24, 2.45) is 5.92 Å². The van der Waals surface area contributed by atoms with Crippen molar-refractivity contribution in [3.8, 4) is 11.5 Å². The average Bonchev–Trinajstić information content (AvgIpc) is 2.70. The lowest BCUT2D eigenvalue weighted by Crippen LogP contribution is -2.44. The van der Waals surface area contributed by atoms with Gasteiger partial charge < -0.3 is 14.8 Å². The molecule has 4 rings (SSSR count). The first kappa shape index (κ1) is 16.9. The van der Waals surface area contributed by atoms with Gasteiger partial charge in [-0.2, -0.15) is 0 Å². The van der Waals surface area contributed by atoms with E-state index in [4.69, 9.17) is 9.47 Å². The van der Waals surface area contributed by atoms with Crippen molar-refractivity contribution in [3.63, 3.8) is 0 Å². The first-order valence-electron chi connectivity index (χ1n) is 9.38. The van der Waals surface area contributed by atoms with Crippen LogP contribution in [0, 0.1) is 5.92 Å². The maximum absolute atomic E-state index is 12.3. The van der Waals surface area contributed by atoms with E-state index in [-0.39, 0.29) is 12.5 Å². The smallest absolute Gasteiger partial charge is 0.264 e. The second-order valence-corrected chi connectivity index (χ2v) is 7.02. The minimum atomic E-state index is -0.573. The number of aryl methyl sites for hydroxylation is 1. The summed E-state index contributed by atoms with van der Waals surface area (Å²) in [7, 11) is 0. The molecule has 1 aromatic heterocycles. The molecule has 2 heterocycles. The van der Waals surface area contributed by atoms with Gasteiger partial charge in [-0.25, -0.2) is 0 Å². The summed E-state index contributed by atoms with van der Waals surface area (Å²) >= 11 is 0. The van der Waals surface area contributed by atoms with Crippen LogP contribution in [-0.2, 0) is 17.6 Å². The number of benzene rings is 1. The fourth-order valence-corrected chi connectivity index (χ4v) is 3.73. The van der Waals surface area contributed by atoms with Crippen molar-refractivity contribution < 1.29 is 14.3 Å². The van der Waals surface area contributed by atoms with Gasteiger partial charge in [0, 0.05) is 18.4 Å². The van der Waals surface area contributed by atoms with E-state index in [0.29, 0.717) is 24.0 Å². The number of fused-ring (bicyclic) bond motifs is 2. The highest BCUT2D eigenvalue weighted by Crippen LogP contribution is 2.31. The summed E-state index contributed by atoms with van der Waals surface area (Å²) in [5.41, 5.74) is 2.64. The van der Waals surface area contributed by atoms with Crippen LogP contribution in [0.4, 0.5) is 0 Å². The Bertz CT molecular complexity index is 777. The molecule has 5 nitrogen and oxygen atoms in total. The Morgan fingerprint density at radius 1 is 1.19 bits per heavy atom. The lowest BCUT2D eigenvalue weighted by atomic mass is 9.84. The van der Waals surface area contributed by atoms with Crippen LogP contribution in [0.1, 0.15) is 30.5 Å². The molecule has 1 aliphatic heterocycles. The third-order valence-electron chi connectivity index (χ3n) is 5.18. The van der Waals surface area contributed by atoms with Crippen molar-refractivity contribution in [1.29, 1.82) is 0 Å². The van der Waals surface area contributed by atoms with E-state index in [1.807, 2.05) is 36.5 Å². The van der Waals surface area contributed by atoms with Gasteiger partial charge in [-0.15, -0.1) is 0 Å². The molecule has 2 aromatic rings. The fraction of sp³-hybridized carbons (Fsp3) is 0.429. The van der Waals surface area contributed by atoms with Crippen LogP contribution in [0.25, 0.3) is 0 Å². The molecule has 1 amide bonds. The summed E-state index contributed by atoms with van der Waals surface area (Å²) in [5.74, 6) is 1.89. The predicted molar refractivity (Wildman–Crippen MR) is 98.3 cm³/mol. The first-order chi connectivity index (χ1) is 12.8. The number of aromatic nitrogens is 1. The number of carbonyl (C=O) groups excluding carboxylic acids is 1. The van der Waals surface area contributed by atoms with Crippen LogP contribution in [0.3, 0.4) is 0 Å². The van der Waals surface area contributed by atoms with Gasteiger partial charge in [0.2, 0.25) is 6.10 Å². The summed E-state index contributed by atoms with van der Waals surface area (Å²) in [6.45, 7) is 0.930. The molecule has 0 fully saturated rings. The maximum atomic E-state index is 12.3. The molecule has 0 spiro atoms. The highest BCUT2D eigenvalue weighted by atomic mass is 16.6. The molecule has 26 heavy (non-hydrogen) atoms. The molecular formula is C21H24N2O3. The fourth-order valence-electron chi connectivity index (χ4n) is 3.73. The highest BCUT2D eigenvalue weighted by molar-refractivity contribution is 5.81. The molecule has 5 heteroatoms.